The van der Waals surface area contributed by atoms with Gasteiger partial charge in [-0.1, -0.05) is 39.2 Å². The van der Waals surface area contributed by atoms with Crippen molar-refractivity contribution in [2.45, 2.75) is 59.4 Å². The van der Waals surface area contributed by atoms with Crippen molar-refractivity contribution in [3.05, 3.63) is 51.4 Å². The van der Waals surface area contributed by atoms with Crippen molar-refractivity contribution >= 4 is 22.6 Å². The van der Waals surface area contributed by atoms with E-state index >= 15 is 0 Å². The molecule has 0 atom stereocenters. The molecule has 7 heteroatoms. The monoisotopic (exact) mass is 395 g/mol. The van der Waals surface area contributed by atoms with Gasteiger partial charge in [0.2, 0.25) is 0 Å². The minimum atomic E-state index is -0.313. The maximum atomic E-state index is 13.1. The van der Waals surface area contributed by atoms with Crippen molar-refractivity contribution in [3.8, 4) is 0 Å². The van der Waals surface area contributed by atoms with Gasteiger partial charge in [0.15, 0.2) is 0 Å². The highest BCUT2D eigenvalue weighted by Gasteiger charge is 2.17. The molecule has 154 valence electrons. The minimum Gasteiger partial charge on any atom is -0.352 e. The summed E-state index contributed by atoms with van der Waals surface area (Å²) < 4.78 is 3.18. The van der Waals surface area contributed by atoms with Gasteiger partial charge in [-0.05, 0) is 37.5 Å². The lowest BCUT2D eigenvalue weighted by molar-refractivity contribution is 0.0950. The van der Waals surface area contributed by atoms with Gasteiger partial charge < -0.3 is 9.88 Å². The first-order valence-electron chi connectivity index (χ1n) is 10.4. The van der Waals surface area contributed by atoms with E-state index in [0.29, 0.717) is 29.8 Å². The van der Waals surface area contributed by atoms with Crippen LogP contribution >= 0.6 is 0 Å². The second-order valence-electron chi connectivity index (χ2n) is 7.41. The van der Waals surface area contributed by atoms with Crippen LogP contribution in [-0.4, -0.2) is 26.4 Å². The number of carbonyl (C=O) groups is 1. The van der Waals surface area contributed by atoms with E-state index < -0.39 is 0 Å². The fourth-order valence-corrected chi connectivity index (χ4v) is 3.56. The van der Waals surface area contributed by atoms with Crippen molar-refractivity contribution < 1.29 is 4.79 Å². The third-order valence-corrected chi connectivity index (χ3v) is 5.14. The van der Waals surface area contributed by atoms with E-state index in [1.807, 2.05) is 19.9 Å². The molecule has 3 aromatic rings. The number of aromatic nitrogens is 3. The van der Waals surface area contributed by atoms with Gasteiger partial charge >= 0.3 is 0 Å². The first kappa shape index (κ1) is 20.8. The molecule has 3 rings (SSSR count). The van der Waals surface area contributed by atoms with E-state index in [1.54, 1.807) is 16.8 Å². The molecular formula is C22H29N5O2. The molecule has 0 radical (unpaired) electrons. The molecule has 0 aliphatic carbocycles. The standard InChI is InChI=1S/C22H29N5O2/c1-4-6-7-8-11-24-21(28)16-14-17-20(26(12-5-2)18(16)23)25-19-15(3)10-9-13-27(19)22(17)29/h9-10,13-14,23H,4-8,11-12H2,1-3H3,(H,24,28). The van der Waals surface area contributed by atoms with Crippen LogP contribution in [0.25, 0.3) is 16.7 Å². The molecule has 0 aliphatic rings. The summed E-state index contributed by atoms with van der Waals surface area (Å²) in [6.07, 6.45) is 6.70. The van der Waals surface area contributed by atoms with Crippen LogP contribution in [0, 0.1) is 12.3 Å². The highest BCUT2D eigenvalue weighted by Crippen LogP contribution is 2.13. The summed E-state index contributed by atoms with van der Waals surface area (Å²) in [5, 5.41) is 11.8. The Morgan fingerprint density at radius 2 is 1.97 bits per heavy atom. The Morgan fingerprint density at radius 3 is 2.69 bits per heavy atom. The topological polar surface area (TPSA) is 92.2 Å². The Kier molecular flexibility index (Phi) is 6.46. The number of fused-ring (bicyclic) bond motifs is 2. The van der Waals surface area contributed by atoms with Crippen LogP contribution in [0.3, 0.4) is 0 Å². The van der Waals surface area contributed by atoms with Crippen LogP contribution in [-0.2, 0) is 6.54 Å². The Hall–Kier alpha value is -2.96. The predicted molar refractivity (Wildman–Crippen MR) is 114 cm³/mol. The van der Waals surface area contributed by atoms with Gasteiger partial charge in [-0.2, -0.15) is 0 Å². The molecular weight excluding hydrogens is 366 g/mol. The third-order valence-electron chi connectivity index (χ3n) is 5.14. The molecule has 0 spiro atoms. The summed E-state index contributed by atoms with van der Waals surface area (Å²) in [4.78, 5) is 30.6. The summed E-state index contributed by atoms with van der Waals surface area (Å²) in [5.74, 6) is -0.313. The molecule has 7 nitrogen and oxygen atoms in total. The fourth-order valence-electron chi connectivity index (χ4n) is 3.56. The van der Waals surface area contributed by atoms with Gasteiger partial charge in [0.1, 0.15) is 16.8 Å². The molecule has 0 fully saturated rings. The van der Waals surface area contributed by atoms with Gasteiger partial charge in [0.05, 0.1) is 10.9 Å². The van der Waals surface area contributed by atoms with E-state index in [1.165, 1.54) is 10.5 Å². The maximum absolute atomic E-state index is 13.1. The summed E-state index contributed by atoms with van der Waals surface area (Å²) in [6, 6.07) is 5.23. The molecule has 0 unspecified atom stereocenters. The average Bonchev–Trinajstić information content (AvgIpc) is 2.71. The van der Waals surface area contributed by atoms with Crippen molar-refractivity contribution in [1.82, 2.24) is 19.3 Å². The molecule has 0 aliphatic heterocycles. The van der Waals surface area contributed by atoms with Crippen LogP contribution < -0.4 is 16.4 Å². The van der Waals surface area contributed by atoms with Gasteiger partial charge in [0.25, 0.3) is 11.5 Å². The number of amides is 1. The van der Waals surface area contributed by atoms with Crippen molar-refractivity contribution in [2.24, 2.45) is 0 Å². The van der Waals surface area contributed by atoms with Crippen LogP contribution in [0.1, 0.15) is 61.9 Å². The average molecular weight is 396 g/mol. The summed E-state index contributed by atoms with van der Waals surface area (Å²) >= 11 is 0. The number of carbonyl (C=O) groups excluding carboxylic acids is 1. The molecule has 3 heterocycles. The van der Waals surface area contributed by atoms with Crippen LogP contribution in [0.4, 0.5) is 0 Å². The van der Waals surface area contributed by atoms with Crippen LogP contribution in [0.15, 0.2) is 29.2 Å². The van der Waals surface area contributed by atoms with E-state index in [9.17, 15) is 9.59 Å². The zero-order valence-electron chi connectivity index (χ0n) is 17.4. The first-order valence-corrected chi connectivity index (χ1v) is 10.4. The third kappa shape index (κ3) is 4.09. The first-order chi connectivity index (χ1) is 14.0. The van der Waals surface area contributed by atoms with Gasteiger partial charge in [-0.25, -0.2) is 4.98 Å². The number of hydrogen-bond acceptors (Lipinski definition) is 4. The number of rotatable bonds is 8. The smallest absolute Gasteiger partial charge is 0.267 e. The SMILES string of the molecule is CCCCCCNC(=O)c1cc2c(=O)n3cccc(C)c3nc2n(CCC)c1=N. The van der Waals surface area contributed by atoms with E-state index in [4.69, 9.17) is 5.41 Å². The maximum Gasteiger partial charge on any atom is 0.267 e. The normalized spacial score (nSPS) is 11.3. The lowest BCUT2D eigenvalue weighted by Crippen LogP contribution is -2.35. The molecule has 0 aromatic carbocycles. The van der Waals surface area contributed by atoms with E-state index in [-0.39, 0.29) is 22.5 Å². The van der Waals surface area contributed by atoms with Crippen LogP contribution in [0.2, 0.25) is 0 Å². The number of pyridine rings is 2. The Bertz CT molecular complexity index is 1160. The van der Waals surface area contributed by atoms with Gasteiger partial charge in [-0.3, -0.25) is 19.4 Å². The largest absolute Gasteiger partial charge is 0.352 e. The lowest BCUT2D eigenvalue weighted by atomic mass is 10.1. The second kappa shape index (κ2) is 9.03. The lowest BCUT2D eigenvalue weighted by Gasteiger charge is -2.14. The number of nitrogens with zero attached hydrogens (tertiary/aromatic N) is 3. The van der Waals surface area contributed by atoms with Crippen molar-refractivity contribution in [1.29, 1.82) is 5.41 Å². The fraction of sp³-hybridized carbons (Fsp3) is 0.455. The number of unbranched alkanes of at least 4 members (excludes halogenated alkanes) is 3. The molecule has 0 saturated heterocycles. The zero-order valence-corrected chi connectivity index (χ0v) is 17.4. The number of nitrogens with one attached hydrogen (secondary N) is 2. The predicted octanol–water partition coefficient (Wildman–Crippen LogP) is 3.16. The van der Waals surface area contributed by atoms with Crippen molar-refractivity contribution in [3.63, 3.8) is 0 Å². The Labute approximate surface area is 169 Å². The molecule has 2 N–H and O–H groups in total. The Balaban J connectivity index is 2.12. The number of hydrogen-bond donors (Lipinski definition) is 2. The van der Waals surface area contributed by atoms with Crippen LogP contribution in [0.5, 0.6) is 0 Å². The molecule has 29 heavy (non-hydrogen) atoms. The van der Waals surface area contributed by atoms with Crippen molar-refractivity contribution in [2.75, 3.05) is 6.54 Å². The quantitative estimate of drug-likeness (QED) is 0.453. The molecule has 0 saturated carbocycles. The van der Waals surface area contributed by atoms with Gasteiger partial charge in [0, 0.05) is 19.3 Å². The second-order valence-corrected chi connectivity index (χ2v) is 7.41. The molecule has 1 amide bonds. The van der Waals surface area contributed by atoms with E-state index in [2.05, 4.69) is 17.2 Å². The van der Waals surface area contributed by atoms with Gasteiger partial charge in [-0.15, -0.1) is 0 Å². The Morgan fingerprint density at radius 1 is 1.17 bits per heavy atom. The zero-order chi connectivity index (χ0) is 21.0. The summed E-state index contributed by atoms with van der Waals surface area (Å²) in [5.41, 5.74) is 1.99. The summed E-state index contributed by atoms with van der Waals surface area (Å²) in [7, 11) is 0. The minimum absolute atomic E-state index is 0.0928. The summed E-state index contributed by atoms with van der Waals surface area (Å²) in [6.45, 7) is 7.13. The number of aryl methyl sites for hydroxylation is 2. The molecule has 3 aromatic heterocycles. The highest BCUT2D eigenvalue weighted by molar-refractivity contribution is 5.96. The molecule has 0 bridgehead atoms. The van der Waals surface area contributed by atoms with E-state index in [0.717, 1.165) is 37.7 Å². The highest BCUT2D eigenvalue weighted by atomic mass is 16.1.